The monoisotopic (exact) mass is 276 g/mol. The lowest BCUT2D eigenvalue weighted by atomic mass is 9.96. The first kappa shape index (κ1) is 15.2. The van der Waals surface area contributed by atoms with E-state index in [-0.39, 0.29) is 24.6 Å². The van der Waals surface area contributed by atoms with Crippen molar-refractivity contribution in [3.05, 3.63) is 0 Å². The predicted molar refractivity (Wildman–Crippen MR) is 66.5 cm³/mol. The second kappa shape index (κ2) is 5.27. The topological polar surface area (TPSA) is 55.4 Å². The molecular weight excluding hydrogens is 252 g/mol. The highest BCUT2D eigenvalue weighted by Crippen LogP contribution is 2.43. The Labute approximate surface area is 114 Å². The summed E-state index contributed by atoms with van der Waals surface area (Å²) in [5.74, 6) is -1.96. The highest BCUT2D eigenvalue weighted by atomic mass is 16.8. The molecule has 0 spiro atoms. The van der Waals surface area contributed by atoms with Gasteiger partial charge in [-0.25, -0.2) is 0 Å². The lowest BCUT2D eigenvalue weighted by Gasteiger charge is -2.55. The van der Waals surface area contributed by atoms with Crippen LogP contribution in [0.3, 0.4) is 0 Å². The Morgan fingerprint density at radius 1 is 1.00 bits per heavy atom. The maximum atomic E-state index is 6.10. The first-order valence-electron chi connectivity index (χ1n) is 6.53. The average molecular weight is 276 g/mol. The summed E-state index contributed by atoms with van der Waals surface area (Å²) in [6.07, 6.45) is -0.182. The molecule has 0 aliphatic carbocycles. The van der Waals surface area contributed by atoms with Gasteiger partial charge in [-0.15, -0.1) is 0 Å². The van der Waals surface area contributed by atoms with Gasteiger partial charge in [0.15, 0.2) is 6.29 Å². The summed E-state index contributed by atoms with van der Waals surface area (Å²) < 4.78 is 34.1. The molecule has 0 aromatic carbocycles. The van der Waals surface area contributed by atoms with Crippen LogP contribution in [-0.2, 0) is 28.4 Å². The van der Waals surface area contributed by atoms with Crippen LogP contribution in [0.5, 0.6) is 0 Å². The van der Waals surface area contributed by atoms with Crippen LogP contribution < -0.4 is 0 Å². The van der Waals surface area contributed by atoms with Gasteiger partial charge >= 0.3 is 0 Å². The summed E-state index contributed by atoms with van der Waals surface area (Å²) in [5, 5.41) is 0. The van der Waals surface area contributed by atoms with Crippen LogP contribution in [0, 0.1) is 0 Å². The second-order valence-corrected chi connectivity index (χ2v) is 5.28. The normalized spacial score (nSPS) is 50.8. The van der Waals surface area contributed by atoms with Gasteiger partial charge < -0.3 is 28.4 Å². The Morgan fingerprint density at radius 3 is 2.11 bits per heavy atom. The molecule has 0 bridgehead atoms. The minimum atomic E-state index is -0.986. The van der Waals surface area contributed by atoms with Crippen LogP contribution >= 0.6 is 0 Å². The Kier molecular flexibility index (Phi) is 4.21. The fraction of sp³-hybridized carbons (Fsp3) is 1.00. The maximum Gasteiger partial charge on any atom is 0.220 e. The largest absolute Gasteiger partial charge is 0.356 e. The molecule has 2 aliphatic heterocycles. The molecular formula is C13H24O6. The van der Waals surface area contributed by atoms with Gasteiger partial charge in [0.2, 0.25) is 11.6 Å². The van der Waals surface area contributed by atoms with Crippen LogP contribution in [0.2, 0.25) is 0 Å². The molecule has 112 valence electrons. The zero-order valence-corrected chi connectivity index (χ0v) is 12.5. The summed E-state index contributed by atoms with van der Waals surface area (Å²) in [4.78, 5) is 0. The number of fused-ring (bicyclic) bond motifs is 1. The van der Waals surface area contributed by atoms with Crippen LogP contribution in [0.1, 0.15) is 27.2 Å². The number of methoxy groups -OCH3 is 3. The van der Waals surface area contributed by atoms with Crippen LogP contribution in [0.25, 0.3) is 0 Å². The summed E-state index contributed by atoms with van der Waals surface area (Å²) >= 11 is 0. The number of ether oxygens (including phenoxy) is 6. The molecule has 0 saturated carbocycles. The summed E-state index contributed by atoms with van der Waals surface area (Å²) in [7, 11) is 4.78. The zero-order valence-electron chi connectivity index (χ0n) is 12.5. The van der Waals surface area contributed by atoms with E-state index >= 15 is 0 Å². The van der Waals surface area contributed by atoms with E-state index < -0.39 is 11.6 Å². The lowest BCUT2D eigenvalue weighted by molar-refractivity contribution is -0.467. The molecule has 0 radical (unpaired) electrons. The van der Waals surface area contributed by atoms with Crippen LogP contribution in [0.15, 0.2) is 0 Å². The Hall–Kier alpha value is -0.240. The number of rotatable bonds is 3. The van der Waals surface area contributed by atoms with E-state index in [0.29, 0.717) is 6.42 Å². The smallest absolute Gasteiger partial charge is 0.220 e. The van der Waals surface area contributed by atoms with Gasteiger partial charge in [0.25, 0.3) is 0 Å². The first-order valence-corrected chi connectivity index (χ1v) is 6.53. The quantitative estimate of drug-likeness (QED) is 0.774. The predicted octanol–water partition coefficient (Wildman–Crippen LogP) is 1.28. The van der Waals surface area contributed by atoms with Crippen molar-refractivity contribution >= 4 is 0 Å². The number of hydrogen-bond donors (Lipinski definition) is 0. The van der Waals surface area contributed by atoms with Gasteiger partial charge in [-0.2, -0.15) is 0 Å². The zero-order chi connectivity index (χ0) is 14.3. The van der Waals surface area contributed by atoms with E-state index in [1.807, 2.05) is 20.8 Å². The Morgan fingerprint density at radius 2 is 1.58 bits per heavy atom. The standard InChI is InChI=1S/C13H24O6/c1-8-11-9(7-10(14-4)17-8)18-12(2,15-5)13(3,16-6)19-11/h8-11H,7H2,1-6H3/t8-,9-,10+,11-,12+,13+/m1/s1. The van der Waals surface area contributed by atoms with Gasteiger partial charge in [-0.1, -0.05) is 0 Å². The van der Waals surface area contributed by atoms with E-state index in [2.05, 4.69) is 0 Å². The molecule has 19 heavy (non-hydrogen) atoms. The van der Waals surface area contributed by atoms with E-state index in [9.17, 15) is 0 Å². The van der Waals surface area contributed by atoms with E-state index in [1.54, 1.807) is 21.3 Å². The van der Waals surface area contributed by atoms with E-state index in [0.717, 1.165) is 0 Å². The number of hydrogen-bond acceptors (Lipinski definition) is 6. The van der Waals surface area contributed by atoms with Gasteiger partial charge in [0, 0.05) is 27.8 Å². The van der Waals surface area contributed by atoms with Gasteiger partial charge in [0.05, 0.1) is 12.2 Å². The lowest BCUT2D eigenvalue weighted by Crippen LogP contribution is -2.68. The molecule has 0 aromatic rings. The van der Waals surface area contributed by atoms with Crippen molar-refractivity contribution in [2.24, 2.45) is 0 Å². The molecule has 6 nitrogen and oxygen atoms in total. The van der Waals surface area contributed by atoms with Crippen molar-refractivity contribution in [3.63, 3.8) is 0 Å². The molecule has 6 heteroatoms. The third kappa shape index (κ3) is 2.41. The highest BCUT2D eigenvalue weighted by Gasteiger charge is 2.59. The summed E-state index contributed by atoms with van der Waals surface area (Å²) in [5.41, 5.74) is 0. The molecule has 2 fully saturated rings. The van der Waals surface area contributed by atoms with Crippen LogP contribution in [-0.4, -0.2) is 57.5 Å². The molecule has 0 N–H and O–H groups in total. The van der Waals surface area contributed by atoms with Crippen molar-refractivity contribution in [2.75, 3.05) is 21.3 Å². The first-order chi connectivity index (χ1) is 8.89. The third-order valence-electron chi connectivity index (χ3n) is 4.22. The Bertz CT molecular complexity index is 324. The van der Waals surface area contributed by atoms with E-state index in [1.165, 1.54) is 0 Å². The fourth-order valence-electron chi connectivity index (χ4n) is 2.67. The highest BCUT2D eigenvalue weighted by molar-refractivity contribution is 4.95. The summed E-state index contributed by atoms with van der Waals surface area (Å²) in [6.45, 7) is 5.56. The Balaban J connectivity index is 2.22. The van der Waals surface area contributed by atoms with Crippen molar-refractivity contribution in [1.82, 2.24) is 0 Å². The minimum Gasteiger partial charge on any atom is -0.356 e. The van der Waals surface area contributed by atoms with Gasteiger partial charge in [-0.05, 0) is 20.8 Å². The second-order valence-electron chi connectivity index (χ2n) is 5.28. The molecule has 2 heterocycles. The van der Waals surface area contributed by atoms with Crippen molar-refractivity contribution in [1.29, 1.82) is 0 Å². The fourth-order valence-corrected chi connectivity index (χ4v) is 2.67. The van der Waals surface area contributed by atoms with Crippen molar-refractivity contribution in [3.8, 4) is 0 Å². The average Bonchev–Trinajstić information content (AvgIpc) is 2.40. The molecule has 0 unspecified atom stereocenters. The van der Waals surface area contributed by atoms with Gasteiger partial charge in [0.1, 0.15) is 6.10 Å². The minimum absolute atomic E-state index is 0.139. The maximum absolute atomic E-state index is 6.10. The van der Waals surface area contributed by atoms with E-state index in [4.69, 9.17) is 28.4 Å². The third-order valence-corrected chi connectivity index (χ3v) is 4.22. The molecule has 2 saturated heterocycles. The SMILES string of the molecule is CO[C@@H]1C[C@H]2O[C@](C)(OC)[C@@](C)(OC)O[C@@H]2[C@@H](C)O1. The molecule has 0 aromatic heterocycles. The van der Waals surface area contributed by atoms with Crippen molar-refractivity contribution in [2.45, 2.75) is 63.4 Å². The molecule has 2 aliphatic rings. The molecule has 6 atom stereocenters. The van der Waals surface area contributed by atoms with Crippen molar-refractivity contribution < 1.29 is 28.4 Å². The summed E-state index contributed by atoms with van der Waals surface area (Å²) in [6, 6.07) is 0. The molecule has 0 amide bonds. The van der Waals surface area contributed by atoms with Crippen LogP contribution in [0.4, 0.5) is 0 Å². The van der Waals surface area contributed by atoms with Gasteiger partial charge in [-0.3, -0.25) is 0 Å². The molecule has 2 rings (SSSR count).